The van der Waals surface area contributed by atoms with E-state index in [1.165, 1.54) is 36.4 Å². The van der Waals surface area contributed by atoms with Crippen molar-refractivity contribution in [3.05, 3.63) is 92.7 Å². The van der Waals surface area contributed by atoms with Gasteiger partial charge < -0.3 is 15.0 Å². The summed E-state index contributed by atoms with van der Waals surface area (Å²) in [6, 6.07) is 14.3. The van der Waals surface area contributed by atoms with Crippen LogP contribution in [0.5, 0.6) is 0 Å². The molecule has 0 bridgehead atoms. The molecular formula is C27H24F2N4O4S. The lowest BCUT2D eigenvalue weighted by molar-refractivity contribution is -0.384. The predicted molar refractivity (Wildman–Crippen MR) is 140 cm³/mol. The lowest BCUT2D eigenvalue weighted by Gasteiger charge is -2.31. The number of carbonyl (C=O) groups excluding carboxylic acids is 1. The van der Waals surface area contributed by atoms with Crippen LogP contribution in [0.1, 0.15) is 18.4 Å². The van der Waals surface area contributed by atoms with Gasteiger partial charge in [-0.25, -0.2) is 0 Å². The number of nitrogens with one attached hydrogen (secondary N) is 1. The van der Waals surface area contributed by atoms with Crippen molar-refractivity contribution in [3.63, 3.8) is 0 Å². The minimum absolute atomic E-state index is 0.00126. The zero-order valence-corrected chi connectivity index (χ0v) is 21.0. The summed E-state index contributed by atoms with van der Waals surface area (Å²) in [4.78, 5) is 26.2. The van der Waals surface area contributed by atoms with E-state index in [9.17, 15) is 29.0 Å². The molecule has 1 heterocycles. The number of allylic oxidation sites excluding steroid dienone is 3. The van der Waals surface area contributed by atoms with Crippen LogP contribution >= 0.6 is 11.8 Å². The molecule has 2 aliphatic rings. The molecular weight excluding hydrogens is 514 g/mol. The normalized spacial score (nSPS) is 17.2. The highest BCUT2D eigenvalue weighted by molar-refractivity contribution is 7.99. The zero-order chi connectivity index (χ0) is 27.1. The number of morpholine rings is 1. The van der Waals surface area contributed by atoms with Crippen LogP contribution in [-0.4, -0.2) is 47.8 Å². The molecule has 2 aromatic rings. The van der Waals surface area contributed by atoms with E-state index >= 15 is 0 Å². The summed E-state index contributed by atoms with van der Waals surface area (Å²) in [5, 5.41) is 23.6. The van der Waals surface area contributed by atoms with Gasteiger partial charge in [-0.1, -0.05) is 23.9 Å². The highest BCUT2D eigenvalue weighted by atomic mass is 32.2. The van der Waals surface area contributed by atoms with Crippen molar-refractivity contribution in [2.45, 2.75) is 23.5 Å². The summed E-state index contributed by atoms with van der Waals surface area (Å²) >= 11 is 0.407. The quantitative estimate of drug-likeness (QED) is 0.150. The molecule has 1 aliphatic heterocycles. The third kappa shape index (κ3) is 6.85. The Bertz CT molecular complexity index is 1340. The summed E-state index contributed by atoms with van der Waals surface area (Å²) in [5.41, 5.74) is 3.66. The standard InChI is InChI=1S/C27H24F2N4O4S/c28-27(29)38-24-8-6-22(7-9-24)31-26(34)21(17-30)16-20-5-4-19(25(20)32-10-12-37-13-11-32)14-18-2-1-3-23(15-18)33(35)36/h1-3,6-9,14-16,27H,4-5,10-13H2,(H,31,34). The molecule has 1 amide bonds. The van der Waals surface area contributed by atoms with E-state index in [-0.39, 0.29) is 11.3 Å². The van der Waals surface area contributed by atoms with Crippen molar-refractivity contribution in [2.75, 3.05) is 31.6 Å². The number of nitriles is 1. The number of nitrogens with zero attached hydrogens (tertiary/aromatic N) is 3. The Morgan fingerprint density at radius 2 is 1.92 bits per heavy atom. The molecule has 1 N–H and O–H groups in total. The second-order valence-electron chi connectivity index (χ2n) is 8.52. The second-order valence-corrected chi connectivity index (χ2v) is 9.59. The van der Waals surface area contributed by atoms with Crippen LogP contribution in [0.3, 0.4) is 0 Å². The predicted octanol–water partition coefficient (Wildman–Crippen LogP) is 5.76. The number of carbonyl (C=O) groups is 1. The molecule has 1 aliphatic carbocycles. The van der Waals surface area contributed by atoms with Crippen molar-refractivity contribution in [3.8, 4) is 6.07 Å². The first-order valence-corrected chi connectivity index (χ1v) is 12.7. The van der Waals surface area contributed by atoms with Crippen LogP contribution in [0, 0.1) is 21.4 Å². The number of hydrogen-bond donors (Lipinski definition) is 1. The second kappa shape index (κ2) is 12.5. The molecule has 4 rings (SSSR count). The van der Waals surface area contributed by atoms with E-state index in [0.29, 0.717) is 67.1 Å². The first-order valence-electron chi connectivity index (χ1n) is 11.8. The summed E-state index contributed by atoms with van der Waals surface area (Å²) in [5.74, 6) is -3.15. The van der Waals surface area contributed by atoms with E-state index in [1.807, 2.05) is 12.1 Å². The summed E-state index contributed by atoms with van der Waals surface area (Å²) < 4.78 is 30.6. The highest BCUT2D eigenvalue weighted by Crippen LogP contribution is 2.37. The van der Waals surface area contributed by atoms with Crippen LogP contribution in [0.2, 0.25) is 0 Å². The van der Waals surface area contributed by atoms with Crippen molar-refractivity contribution >= 4 is 35.1 Å². The Morgan fingerprint density at radius 3 is 2.58 bits per heavy atom. The van der Waals surface area contributed by atoms with Crippen molar-refractivity contribution < 1.29 is 23.2 Å². The van der Waals surface area contributed by atoms with Crippen LogP contribution in [0.4, 0.5) is 20.2 Å². The molecule has 8 nitrogen and oxygen atoms in total. The topological polar surface area (TPSA) is 108 Å². The number of hydrogen-bond acceptors (Lipinski definition) is 7. The van der Waals surface area contributed by atoms with Crippen molar-refractivity contribution in [1.82, 2.24) is 4.90 Å². The molecule has 0 spiro atoms. The molecule has 11 heteroatoms. The highest BCUT2D eigenvalue weighted by Gasteiger charge is 2.26. The van der Waals surface area contributed by atoms with Crippen LogP contribution < -0.4 is 5.32 Å². The largest absolute Gasteiger partial charge is 0.378 e. The van der Waals surface area contributed by atoms with Gasteiger partial charge in [0.25, 0.3) is 17.4 Å². The fourth-order valence-electron chi connectivity index (χ4n) is 4.36. The van der Waals surface area contributed by atoms with Gasteiger partial charge in [0.2, 0.25) is 0 Å². The number of rotatable bonds is 8. The SMILES string of the molecule is N#CC(=CC1=C(N2CCOCC2)C(=Cc2cccc([N+](=O)[O-])c2)CC1)C(=O)Nc1ccc(SC(F)F)cc1. The van der Waals surface area contributed by atoms with Crippen molar-refractivity contribution in [1.29, 1.82) is 5.26 Å². The number of halogens is 2. The minimum atomic E-state index is -2.54. The van der Waals surface area contributed by atoms with Gasteiger partial charge in [0.15, 0.2) is 0 Å². The zero-order valence-electron chi connectivity index (χ0n) is 20.2. The maximum atomic E-state index is 12.9. The van der Waals surface area contributed by atoms with Gasteiger partial charge in [0.1, 0.15) is 11.6 Å². The van der Waals surface area contributed by atoms with Crippen molar-refractivity contribution in [2.24, 2.45) is 0 Å². The molecule has 1 fully saturated rings. The molecule has 1 saturated heterocycles. The molecule has 0 saturated carbocycles. The minimum Gasteiger partial charge on any atom is -0.378 e. The fourth-order valence-corrected chi connectivity index (χ4v) is 4.86. The number of anilines is 1. The van der Waals surface area contributed by atoms with E-state index in [2.05, 4.69) is 10.2 Å². The first-order chi connectivity index (χ1) is 18.3. The monoisotopic (exact) mass is 538 g/mol. The lowest BCUT2D eigenvalue weighted by atomic mass is 10.1. The number of alkyl halides is 2. The Hall–Kier alpha value is -4.01. The third-order valence-electron chi connectivity index (χ3n) is 6.04. The van der Waals surface area contributed by atoms with Gasteiger partial charge in [0.05, 0.1) is 18.1 Å². The van der Waals surface area contributed by atoms with Gasteiger partial charge in [-0.2, -0.15) is 14.0 Å². The Balaban J connectivity index is 1.63. The van der Waals surface area contributed by atoms with E-state index in [1.54, 1.807) is 18.2 Å². The number of benzene rings is 2. The Kier molecular flexibility index (Phi) is 8.89. The van der Waals surface area contributed by atoms with Gasteiger partial charge in [0, 0.05) is 41.5 Å². The van der Waals surface area contributed by atoms with Gasteiger partial charge in [-0.3, -0.25) is 14.9 Å². The maximum Gasteiger partial charge on any atom is 0.288 e. The summed E-state index contributed by atoms with van der Waals surface area (Å²) in [7, 11) is 0. The maximum absolute atomic E-state index is 12.9. The smallest absolute Gasteiger partial charge is 0.288 e. The van der Waals surface area contributed by atoms with Crippen LogP contribution in [-0.2, 0) is 9.53 Å². The van der Waals surface area contributed by atoms with E-state index in [0.717, 1.165) is 16.8 Å². The lowest BCUT2D eigenvalue weighted by Crippen LogP contribution is -2.36. The molecule has 0 radical (unpaired) electrons. The Morgan fingerprint density at radius 1 is 1.18 bits per heavy atom. The third-order valence-corrected chi connectivity index (χ3v) is 6.76. The average molecular weight is 539 g/mol. The number of amides is 1. The molecule has 0 atom stereocenters. The number of nitro benzene ring substituents is 1. The number of nitro groups is 1. The van der Waals surface area contributed by atoms with E-state index in [4.69, 9.17) is 4.74 Å². The number of thioether (sulfide) groups is 1. The van der Waals surface area contributed by atoms with Crippen LogP contribution in [0.15, 0.2) is 81.9 Å². The summed E-state index contributed by atoms with van der Waals surface area (Å²) in [6.45, 7) is 2.35. The number of ether oxygens (including phenoxy) is 1. The molecule has 38 heavy (non-hydrogen) atoms. The molecule has 0 aromatic heterocycles. The molecule has 0 unspecified atom stereocenters. The fraction of sp³-hybridized carbons (Fsp3) is 0.259. The average Bonchev–Trinajstić information content (AvgIpc) is 3.30. The van der Waals surface area contributed by atoms with Gasteiger partial charge in [-0.05, 0) is 66.0 Å². The number of non-ortho nitro benzene ring substituents is 1. The molecule has 2 aromatic carbocycles. The van der Waals surface area contributed by atoms with E-state index < -0.39 is 16.6 Å². The van der Waals surface area contributed by atoms with Gasteiger partial charge in [-0.15, -0.1) is 0 Å². The first kappa shape index (κ1) is 27.0. The van der Waals surface area contributed by atoms with Gasteiger partial charge >= 0.3 is 0 Å². The summed E-state index contributed by atoms with van der Waals surface area (Å²) in [6.07, 6.45) is 4.72. The molecule has 196 valence electrons. The Labute approximate surface area is 222 Å². The van der Waals surface area contributed by atoms with Crippen LogP contribution in [0.25, 0.3) is 6.08 Å².